The van der Waals surface area contributed by atoms with Gasteiger partial charge in [-0.05, 0) is 195 Å². The molecule has 0 aliphatic carbocycles. The second-order valence-corrected chi connectivity index (χ2v) is 26.6. The summed E-state index contributed by atoms with van der Waals surface area (Å²) in [6.45, 7) is 1.86. The molecule has 0 saturated carbocycles. The standard InChI is InChI=1S/C13H13N2O3.3C12H9F2N2O3.2C12H10FN2O3.6C2H7N.6W/c1-8-3-2-4-9(7-8)12(17)14-10-5-6-11(16)15-13(10)18;2*13-7-2-1-6(5-8(7)14)11(18)15-9-3-4-10(17)16-12(9)19;13-7-3-1-2-6(10(7)14)11(18)15-8-4-5-9(17)16-12(8)19;2*13-8-3-1-2-7(6-8)11(17)14-9-4-5-10(16)15-12(9)18;6*1-3-2;;;;;;/h2-3,7,10H,5-6H2,1H3,(H2,14,15,16,17,18);2,5,9H,3-4H2,(H2,15,16,17,18,19);1-2,9H,3-4H2,(H2,15,16,17,18,19);1,3,8H,4-5H2,(H2,15,16,17,18,19);2*1-3,9H,4-5H2,(H2,14,15,16,17,18);6*3H,1-2H3;;;;;;/q6*-1;;;;;;;6*+2/p-6/t;;;;2*9-;;;;;;;;;;;;/m....10............/s1. The van der Waals surface area contributed by atoms with Crippen molar-refractivity contribution in [1.82, 2.24) is 63.8 Å². The first-order chi connectivity index (χ1) is 61.1. The number of nitrogens with one attached hydrogen (secondary N) is 12. The minimum absolute atomic E-state index is 0. The van der Waals surface area contributed by atoms with Gasteiger partial charge in [-0.15, -0.1) is 161 Å². The van der Waals surface area contributed by atoms with E-state index >= 15 is 0 Å². The Morgan fingerprint density at radius 1 is 0.304 bits per heavy atom. The molecule has 12 rings (SSSR count). The van der Waals surface area contributed by atoms with Crippen LogP contribution in [0.1, 0.15) is 145 Å². The van der Waals surface area contributed by atoms with Crippen LogP contribution in [-0.4, -0.2) is 227 Å². The molecule has 0 spiro atoms. The SMILES string of the molecule is CNC.CNC.CNC.CNC.CNC.CNC.Cc1cc[c-]c(C(=O)[N-]C2CCC(=O)NC2=O)c1.O=C1CCC([N-]C(=O)c2[c-]c(F)c(F)cc2)C(=O)N1.O=C1CCC([N-]C(=O)c2[c-]cc(F)c(F)c2)C(=O)N1.O=C1CCC([N-]C(=O)c2[c-]ccc(F)c2F)C(=O)N1.O=C1CC[C@@H]([N-]C(=O)c2[c-]c(F)ccc2)C(=O)N1.O=C1CC[C@H]([N-]C(=O)c2[c-]c(F)ccc2)C(=O)N1.[W+2].[W+2].[W+2].[W+2].[W+2].[W+2]. The molecule has 6 fully saturated rings. The van der Waals surface area contributed by atoms with Crippen molar-refractivity contribution in [1.29, 1.82) is 0 Å². The number of halogens is 8. The Bertz CT molecular complexity index is 4560. The molecule has 36 nitrogen and oxygen atoms in total. The molecule has 6 saturated heterocycles. The van der Waals surface area contributed by atoms with Gasteiger partial charge in [0.25, 0.3) is 0 Å². The summed E-state index contributed by atoms with van der Waals surface area (Å²) in [6.07, 6.45) is 1.63. The number of rotatable bonds is 12. The largest absolute Gasteiger partial charge is 2.00 e. The molecule has 0 radical (unpaired) electrons. The number of nitrogens with zero attached hydrogens (tertiary/aromatic N) is 6. The van der Waals surface area contributed by atoms with Crippen molar-refractivity contribution < 1.29 is 248 Å². The van der Waals surface area contributed by atoms with E-state index in [0.29, 0.717) is 17.7 Å². The molecule has 6 aliphatic rings. The predicted molar refractivity (Wildman–Crippen MR) is 449 cm³/mol. The van der Waals surface area contributed by atoms with Gasteiger partial charge in [-0.2, -0.15) is 0 Å². The molecule has 6 atom stereocenters. The molecule has 12 N–H and O–H groups in total. The van der Waals surface area contributed by atoms with E-state index in [2.05, 4.69) is 110 Å². The normalized spacial score (nSPS) is 16.5. The zero-order valence-electron chi connectivity index (χ0n) is 74.6. The molecule has 6 aliphatic heterocycles. The van der Waals surface area contributed by atoms with Gasteiger partial charge in [0.1, 0.15) is 0 Å². The summed E-state index contributed by atoms with van der Waals surface area (Å²) in [5.41, 5.74) is -0.0356. The van der Waals surface area contributed by atoms with Gasteiger partial charge >= 0.3 is 126 Å². The summed E-state index contributed by atoms with van der Waals surface area (Å²) in [6, 6.07) is 25.8. The monoisotopic (exact) mass is 2910 g/mol. The maximum Gasteiger partial charge on any atom is 2.00 e. The van der Waals surface area contributed by atoms with Gasteiger partial charge in [0.2, 0.25) is 70.9 Å². The fourth-order valence-electron chi connectivity index (χ4n) is 9.68. The van der Waals surface area contributed by atoms with Crippen molar-refractivity contribution in [3.05, 3.63) is 245 Å². The van der Waals surface area contributed by atoms with E-state index in [-0.39, 0.29) is 243 Å². The first-order valence-corrected chi connectivity index (χ1v) is 38.6. The number of amides is 18. The number of carbonyl (C=O) groups excluding carboxylic acids is 18. The van der Waals surface area contributed by atoms with Crippen LogP contribution >= 0.6 is 0 Å². The second-order valence-electron chi connectivity index (χ2n) is 26.6. The van der Waals surface area contributed by atoms with Gasteiger partial charge < -0.3 is 92.6 Å². The molecule has 6 heterocycles. The van der Waals surface area contributed by atoms with E-state index in [4.69, 9.17) is 0 Å². The molecular formula is C85H96F8N18O18W6. The molecule has 726 valence electrons. The molecule has 0 aromatic heterocycles. The Morgan fingerprint density at radius 2 is 0.570 bits per heavy atom. The van der Waals surface area contributed by atoms with E-state index < -0.39 is 177 Å². The second kappa shape index (κ2) is 75.4. The van der Waals surface area contributed by atoms with Gasteiger partial charge in [0.05, 0.1) is 34.9 Å². The maximum absolute atomic E-state index is 13.3. The van der Waals surface area contributed by atoms with Crippen LogP contribution in [0.5, 0.6) is 0 Å². The number of aryl methyl sites for hydroxylation is 1. The Balaban J connectivity index is -0.000000353. The average Bonchev–Trinajstić information content (AvgIpc) is 0.856. The number of benzene rings is 6. The Morgan fingerprint density at radius 3 is 0.837 bits per heavy atom. The first-order valence-electron chi connectivity index (χ1n) is 38.6. The van der Waals surface area contributed by atoms with Crippen LogP contribution in [-0.2, 0) is 184 Å². The topological polar surface area (TPSA) is 536 Å². The first kappa shape index (κ1) is 136. The van der Waals surface area contributed by atoms with Crippen LogP contribution in [0.2, 0.25) is 0 Å². The third-order valence-electron chi connectivity index (χ3n) is 15.3. The molecule has 6 aromatic rings. The van der Waals surface area contributed by atoms with Crippen molar-refractivity contribution in [3.8, 4) is 0 Å². The Hall–Kier alpha value is -9.69. The van der Waals surface area contributed by atoms with Gasteiger partial charge in [-0.1, -0.05) is 12.5 Å². The fourth-order valence-corrected chi connectivity index (χ4v) is 9.68. The van der Waals surface area contributed by atoms with Gasteiger partial charge in [0, 0.05) is 50.2 Å². The molecule has 50 heteroatoms. The zero-order chi connectivity index (χ0) is 97.6. The molecule has 6 aromatic carbocycles. The van der Waals surface area contributed by atoms with Crippen molar-refractivity contribution in [2.75, 3.05) is 84.6 Å². The van der Waals surface area contributed by atoms with Crippen molar-refractivity contribution in [2.45, 2.75) is 120 Å². The fraction of sp³-hybridized carbons (Fsp3) is 0.365. The van der Waals surface area contributed by atoms with E-state index in [1.54, 1.807) is 12.1 Å². The summed E-state index contributed by atoms with van der Waals surface area (Å²) in [5, 5.41) is 50.7. The Labute approximate surface area is 860 Å². The van der Waals surface area contributed by atoms with Crippen LogP contribution in [0.15, 0.2) is 91.0 Å². The van der Waals surface area contributed by atoms with Crippen LogP contribution in [0.4, 0.5) is 35.1 Å². The molecule has 18 amide bonds. The van der Waals surface area contributed by atoms with E-state index in [1.807, 2.05) is 120 Å². The summed E-state index contributed by atoms with van der Waals surface area (Å²) < 4.78 is 103. The van der Waals surface area contributed by atoms with Crippen molar-refractivity contribution in [3.63, 3.8) is 0 Å². The number of hydrogen-bond acceptors (Lipinski definition) is 24. The van der Waals surface area contributed by atoms with E-state index in [1.165, 1.54) is 24.3 Å². The molecule has 0 bridgehead atoms. The number of imide groups is 6. The van der Waals surface area contributed by atoms with Gasteiger partial charge in [-0.3, -0.25) is 103 Å². The third kappa shape index (κ3) is 53.6. The number of carbonyl (C=O) groups is 18. The predicted octanol–water partition coefficient (Wildman–Crippen LogP) is 5.26. The minimum Gasteiger partial charge on any atom is -0.684 e. The van der Waals surface area contributed by atoms with Crippen LogP contribution in [0, 0.1) is 89.9 Å². The Kier molecular flexibility index (Phi) is 76.0. The third-order valence-corrected chi connectivity index (χ3v) is 15.3. The summed E-state index contributed by atoms with van der Waals surface area (Å²) in [4.78, 5) is 204. The molecule has 4 unspecified atom stereocenters. The molecule has 135 heavy (non-hydrogen) atoms. The summed E-state index contributed by atoms with van der Waals surface area (Å²) in [5.74, 6) is -19.5. The summed E-state index contributed by atoms with van der Waals surface area (Å²) >= 11 is 0. The van der Waals surface area contributed by atoms with Gasteiger partial charge in [-0.25, -0.2) is 22.0 Å². The van der Waals surface area contributed by atoms with Crippen LogP contribution < -0.4 is 63.8 Å². The maximum atomic E-state index is 13.3. The zero-order valence-corrected chi connectivity index (χ0v) is 92.2. The summed E-state index contributed by atoms with van der Waals surface area (Å²) in [7, 11) is 22.5. The van der Waals surface area contributed by atoms with E-state index in [9.17, 15) is 121 Å². The molecular weight excluding hydrogens is 2820 g/mol. The van der Waals surface area contributed by atoms with Crippen molar-refractivity contribution >= 4 is 106 Å². The number of hydrogen-bond donors (Lipinski definition) is 12. The van der Waals surface area contributed by atoms with Crippen LogP contribution in [0.25, 0.3) is 31.9 Å². The van der Waals surface area contributed by atoms with Crippen LogP contribution in [0.3, 0.4) is 0 Å². The van der Waals surface area contributed by atoms with E-state index in [0.717, 1.165) is 42.0 Å². The van der Waals surface area contributed by atoms with Crippen molar-refractivity contribution in [2.24, 2.45) is 0 Å². The smallest absolute Gasteiger partial charge is 0.684 e. The average molecular weight is 2910 g/mol. The van der Waals surface area contributed by atoms with Gasteiger partial charge in [0.15, 0.2) is 0 Å². The quantitative estimate of drug-likeness (QED) is 0.0422. The minimum atomic E-state index is -1.36. The number of piperidine rings is 6.